The first kappa shape index (κ1) is 13.2. The van der Waals surface area contributed by atoms with E-state index >= 15 is 0 Å². The molecule has 2 aromatic rings. The molecule has 0 saturated heterocycles. The molecule has 1 aromatic heterocycles. The summed E-state index contributed by atoms with van der Waals surface area (Å²) < 4.78 is 5.56. The Labute approximate surface area is 106 Å². The molecule has 4 heteroatoms. The highest BCUT2D eigenvalue weighted by Gasteiger charge is 2.01. The molecule has 17 heavy (non-hydrogen) atoms. The van der Waals surface area contributed by atoms with E-state index < -0.39 is 0 Å². The molecule has 1 aromatic carbocycles. The highest BCUT2D eigenvalue weighted by atomic mass is 35.5. The van der Waals surface area contributed by atoms with Gasteiger partial charge in [-0.2, -0.15) is 0 Å². The Bertz CT molecular complexity index is 474. The zero-order valence-corrected chi connectivity index (χ0v) is 9.89. The number of aromatic nitrogens is 1. The number of hydrogen-bond donors (Lipinski definition) is 0. The number of benzene rings is 1. The normalized spacial score (nSPS) is 9.18. The first-order chi connectivity index (χ1) is 7.90. The second-order valence-corrected chi connectivity index (χ2v) is 3.30. The van der Waals surface area contributed by atoms with Gasteiger partial charge in [0.2, 0.25) is 0 Å². The third-order valence-electron chi connectivity index (χ3n) is 2.19. The predicted molar refractivity (Wildman–Crippen MR) is 67.6 cm³/mol. The SMILES string of the molecule is Cl.O=Cc1ccccc1OCc1ccncc1. The number of rotatable bonds is 4. The lowest BCUT2D eigenvalue weighted by Crippen LogP contribution is -1.97. The minimum absolute atomic E-state index is 0. The van der Waals surface area contributed by atoms with Gasteiger partial charge in [-0.3, -0.25) is 9.78 Å². The maximum Gasteiger partial charge on any atom is 0.153 e. The van der Waals surface area contributed by atoms with Gasteiger partial charge in [0, 0.05) is 12.4 Å². The van der Waals surface area contributed by atoms with Crippen LogP contribution in [0, 0.1) is 0 Å². The number of carbonyl (C=O) groups is 1. The van der Waals surface area contributed by atoms with Crippen molar-refractivity contribution in [2.75, 3.05) is 0 Å². The van der Waals surface area contributed by atoms with Gasteiger partial charge < -0.3 is 4.74 Å². The van der Waals surface area contributed by atoms with E-state index in [1.54, 1.807) is 24.5 Å². The monoisotopic (exact) mass is 249 g/mol. The van der Waals surface area contributed by atoms with Gasteiger partial charge >= 0.3 is 0 Å². The van der Waals surface area contributed by atoms with Crippen LogP contribution >= 0.6 is 12.4 Å². The molecule has 3 nitrogen and oxygen atoms in total. The Morgan fingerprint density at radius 2 is 1.82 bits per heavy atom. The van der Waals surface area contributed by atoms with Crippen LogP contribution in [0.25, 0.3) is 0 Å². The van der Waals surface area contributed by atoms with Crippen LogP contribution in [0.4, 0.5) is 0 Å². The molecule has 0 aliphatic rings. The summed E-state index contributed by atoms with van der Waals surface area (Å²) in [6.07, 6.45) is 4.22. The summed E-state index contributed by atoms with van der Waals surface area (Å²) >= 11 is 0. The number of nitrogens with zero attached hydrogens (tertiary/aromatic N) is 1. The molecule has 0 saturated carbocycles. The Morgan fingerprint density at radius 1 is 1.12 bits per heavy atom. The Balaban J connectivity index is 0.00000144. The largest absolute Gasteiger partial charge is 0.488 e. The van der Waals surface area contributed by atoms with Crippen LogP contribution in [-0.4, -0.2) is 11.3 Å². The van der Waals surface area contributed by atoms with E-state index in [4.69, 9.17) is 4.74 Å². The summed E-state index contributed by atoms with van der Waals surface area (Å²) in [7, 11) is 0. The molecule has 0 N–H and O–H groups in total. The Morgan fingerprint density at radius 3 is 2.53 bits per heavy atom. The fraction of sp³-hybridized carbons (Fsp3) is 0.0769. The molecule has 0 aliphatic heterocycles. The zero-order chi connectivity index (χ0) is 11.2. The van der Waals surface area contributed by atoms with Gasteiger partial charge in [0.15, 0.2) is 6.29 Å². The van der Waals surface area contributed by atoms with E-state index in [9.17, 15) is 4.79 Å². The van der Waals surface area contributed by atoms with E-state index in [2.05, 4.69) is 4.98 Å². The van der Waals surface area contributed by atoms with Crippen LogP contribution in [0.2, 0.25) is 0 Å². The summed E-state index contributed by atoms with van der Waals surface area (Å²) in [6.45, 7) is 0.438. The maximum absolute atomic E-state index is 10.7. The number of carbonyl (C=O) groups excluding carboxylic acids is 1. The van der Waals surface area contributed by atoms with Crippen LogP contribution < -0.4 is 4.74 Å². The summed E-state index contributed by atoms with van der Waals surface area (Å²) in [5, 5.41) is 0. The van der Waals surface area contributed by atoms with Crippen LogP contribution in [0.3, 0.4) is 0 Å². The fourth-order valence-corrected chi connectivity index (χ4v) is 1.35. The van der Waals surface area contributed by atoms with E-state index in [1.165, 1.54) is 0 Å². The zero-order valence-electron chi connectivity index (χ0n) is 9.08. The van der Waals surface area contributed by atoms with Gasteiger partial charge in [-0.05, 0) is 29.8 Å². The molecular formula is C13H12ClNO2. The van der Waals surface area contributed by atoms with Crippen molar-refractivity contribution in [3.8, 4) is 5.75 Å². The average Bonchev–Trinajstić information content (AvgIpc) is 2.38. The number of aldehydes is 1. The van der Waals surface area contributed by atoms with Crippen molar-refractivity contribution in [2.24, 2.45) is 0 Å². The fourth-order valence-electron chi connectivity index (χ4n) is 1.35. The van der Waals surface area contributed by atoms with Crippen molar-refractivity contribution >= 4 is 18.7 Å². The Kier molecular flexibility index (Phi) is 5.17. The molecule has 0 aliphatic carbocycles. The lowest BCUT2D eigenvalue weighted by molar-refractivity contribution is 0.111. The molecule has 1 heterocycles. The van der Waals surface area contributed by atoms with Gasteiger partial charge in [-0.1, -0.05) is 12.1 Å². The molecule has 0 fully saturated rings. The average molecular weight is 250 g/mol. The van der Waals surface area contributed by atoms with Crippen molar-refractivity contribution in [3.63, 3.8) is 0 Å². The highest BCUT2D eigenvalue weighted by molar-refractivity contribution is 5.85. The third-order valence-corrected chi connectivity index (χ3v) is 2.19. The quantitative estimate of drug-likeness (QED) is 0.782. The summed E-state index contributed by atoms with van der Waals surface area (Å²) in [6, 6.07) is 10.9. The molecule has 0 radical (unpaired) electrons. The molecule has 0 spiro atoms. The number of ether oxygens (including phenoxy) is 1. The molecule has 0 amide bonds. The summed E-state index contributed by atoms with van der Waals surface area (Å²) in [4.78, 5) is 14.7. The van der Waals surface area contributed by atoms with Crippen molar-refractivity contribution in [3.05, 3.63) is 59.9 Å². The summed E-state index contributed by atoms with van der Waals surface area (Å²) in [5.41, 5.74) is 1.59. The topological polar surface area (TPSA) is 39.2 Å². The van der Waals surface area contributed by atoms with Crippen molar-refractivity contribution in [2.45, 2.75) is 6.61 Å². The standard InChI is InChI=1S/C13H11NO2.ClH/c15-9-12-3-1-2-4-13(12)16-10-11-5-7-14-8-6-11;/h1-9H,10H2;1H. The second kappa shape index (κ2) is 6.66. The Hall–Kier alpha value is -1.87. The van der Waals surface area contributed by atoms with Gasteiger partial charge in [-0.25, -0.2) is 0 Å². The van der Waals surface area contributed by atoms with Crippen molar-refractivity contribution in [1.29, 1.82) is 0 Å². The lowest BCUT2D eigenvalue weighted by atomic mass is 10.2. The third kappa shape index (κ3) is 3.57. The van der Waals surface area contributed by atoms with Gasteiger partial charge in [0.25, 0.3) is 0 Å². The summed E-state index contributed by atoms with van der Waals surface area (Å²) in [5.74, 6) is 0.606. The minimum Gasteiger partial charge on any atom is -0.488 e. The maximum atomic E-state index is 10.7. The van der Waals surface area contributed by atoms with Gasteiger partial charge in [0.1, 0.15) is 12.4 Å². The number of pyridine rings is 1. The molecule has 2 rings (SSSR count). The molecule has 0 bridgehead atoms. The van der Waals surface area contributed by atoms with Gasteiger partial charge in [-0.15, -0.1) is 12.4 Å². The van der Waals surface area contributed by atoms with Crippen LogP contribution in [-0.2, 0) is 6.61 Å². The lowest BCUT2D eigenvalue weighted by Gasteiger charge is -2.07. The number of hydrogen-bond acceptors (Lipinski definition) is 3. The molecule has 0 atom stereocenters. The van der Waals surface area contributed by atoms with E-state index in [1.807, 2.05) is 24.3 Å². The molecular weight excluding hydrogens is 238 g/mol. The van der Waals surface area contributed by atoms with Crippen LogP contribution in [0.15, 0.2) is 48.8 Å². The van der Waals surface area contributed by atoms with Crippen molar-refractivity contribution < 1.29 is 9.53 Å². The predicted octanol–water partition coefficient (Wildman–Crippen LogP) is 2.89. The molecule has 0 unspecified atom stereocenters. The number of halogens is 1. The van der Waals surface area contributed by atoms with Crippen molar-refractivity contribution in [1.82, 2.24) is 4.98 Å². The first-order valence-electron chi connectivity index (χ1n) is 4.96. The molecule has 88 valence electrons. The first-order valence-corrected chi connectivity index (χ1v) is 4.96. The highest BCUT2D eigenvalue weighted by Crippen LogP contribution is 2.16. The minimum atomic E-state index is 0. The van der Waals surface area contributed by atoms with Crippen LogP contribution in [0.1, 0.15) is 15.9 Å². The van der Waals surface area contributed by atoms with E-state index in [0.717, 1.165) is 11.8 Å². The van der Waals surface area contributed by atoms with Gasteiger partial charge in [0.05, 0.1) is 5.56 Å². The second-order valence-electron chi connectivity index (χ2n) is 3.30. The van der Waals surface area contributed by atoms with E-state index in [0.29, 0.717) is 17.9 Å². The van der Waals surface area contributed by atoms with E-state index in [-0.39, 0.29) is 12.4 Å². The number of para-hydroxylation sites is 1. The van der Waals surface area contributed by atoms with Crippen LogP contribution in [0.5, 0.6) is 5.75 Å². The smallest absolute Gasteiger partial charge is 0.153 e.